The molecule has 0 saturated heterocycles. The van der Waals surface area contributed by atoms with Crippen LogP contribution in [0.2, 0.25) is 0 Å². The molecule has 15 heavy (non-hydrogen) atoms. The van der Waals surface area contributed by atoms with Crippen molar-refractivity contribution in [3.63, 3.8) is 0 Å². The molecule has 0 rings (SSSR count). The van der Waals surface area contributed by atoms with Crippen LogP contribution in [0.4, 0.5) is 0 Å². The van der Waals surface area contributed by atoms with E-state index in [1.54, 1.807) is 0 Å². The summed E-state index contributed by atoms with van der Waals surface area (Å²) >= 11 is 14.8. The second-order valence-corrected chi connectivity index (χ2v) is 1.10. The van der Waals surface area contributed by atoms with Crippen LogP contribution in [0.5, 0.6) is 0 Å². The molecule has 0 atom stereocenters. The van der Waals surface area contributed by atoms with Crippen LogP contribution in [0.3, 0.4) is 0 Å². The summed E-state index contributed by atoms with van der Waals surface area (Å²) in [6.45, 7) is 0. The smallest absolute Gasteiger partial charge is 0.696 e. The van der Waals surface area contributed by atoms with E-state index in [0.29, 0.717) is 0 Å². The third-order valence-corrected chi connectivity index (χ3v) is 0. The fourth-order valence-electron chi connectivity index (χ4n) is 0. The molecule has 0 aromatic heterocycles. The van der Waals surface area contributed by atoms with Crippen molar-refractivity contribution >= 4 is 50.5 Å². The summed E-state index contributed by atoms with van der Waals surface area (Å²) in [7, 11) is 0. The minimum atomic E-state index is 0. The number of quaternary nitrogens is 2. The van der Waals surface area contributed by atoms with Gasteiger partial charge in [0.15, 0.2) is 0 Å². The quantitative estimate of drug-likeness (QED) is 0.356. The molecule has 0 aliphatic heterocycles. The van der Waals surface area contributed by atoms with Crippen molar-refractivity contribution in [1.82, 2.24) is 12.3 Å². The van der Waals surface area contributed by atoms with Gasteiger partial charge in [0.2, 0.25) is 0 Å². The number of hydrogen-bond acceptors (Lipinski definition) is 8. The predicted molar refractivity (Wildman–Crippen MR) is 63.9 cm³/mol. The molecule has 0 aromatic rings. The van der Waals surface area contributed by atoms with E-state index in [1.165, 1.54) is 21.6 Å². The molecule has 0 aliphatic carbocycles. The fourth-order valence-corrected chi connectivity index (χ4v) is 0. The van der Waals surface area contributed by atoms with Crippen LogP contribution in [-0.4, -0.2) is 0 Å². The molecule has 0 spiro atoms. The Hall–Kier alpha value is -0.578. The van der Waals surface area contributed by atoms with Crippen molar-refractivity contribution in [1.29, 1.82) is 21.0 Å². The molecule has 0 bridgehead atoms. The maximum atomic E-state index is 7.13. The van der Waals surface area contributed by atoms with E-state index < -0.39 is 0 Å². The maximum Gasteiger partial charge on any atom is 2.00 e. The van der Waals surface area contributed by atoms with Gasteiger partial charge in [-0.05, 0) is 0 Å². The molecule has 0 unspecified atom stereocenters. The Morgan fingerprint density at radius 3 is 0.533 bits per heavy atom. The summed E-state index contributed by atoms with van der Waals surface area (Å²) in [6.07, 6.45) is 0. The van der Waals surface area contributed by atoms with Crippen LogP contribution >= 0.6 is 0 Å². The number of nitrogens with zero attached hydrogens (tertiary/aromatic N) is 4. The Morgan fingerprint density at radius 2 is 0.533 bits per heavy atom. The van der Waals surface area contributed by atoms with Gasteiger partial charge in [-0.25, -0.2) is 21.0 Å². The Morgan fingerprint density at radius 1 is 0.533 bits per heavy atom. The molecule has 0 aromatic carbocycles. The van der Waals surface area contributed by atoms with Gasteiger partial charge in [-0.2, -0.15) is 0 Å². The van der Waals surface area contributed by atoms with E-state index in [-0.39, 0.29) is 32.7 Å². The second-order valence-electron chi connectivity index (χ2n) is 0.365. The van der Waals surface area contributed by atoms with Crippen molar-refractivity contribution in [2.24, 2.45) is 0 Å². The Balaban J connectivity index is -0.0000000107. The average molecular weight is 375 g/mol. The minimum Gasteiger partial charge on any atom is -0.696 e. The summed E-state index contributed by atoms with van der Waals surface area (Å²) < 4.78 is 0. The van der Waals surface area contributed by atoms with Gasteiger partial charge >= 0.3 is 20.4 Å². The zero-order valence-electron chi connectivity index (χ0n) is 7.74. The van der Waals surface area contributed by atoms with E-state index in [0.717, 1.165) is 0 Å². The zero-order valence-corrected chi connectivity index (χ0v) is 12.6. The topological polar surface area (TPSA) is 168 Å². The van der Waals surface area contributed by atoms with E-state index in [4.69, 9.17) is 21.0 Å². The van der Waals surface area contributed by atoms with Gasteiger partial charge < -0.3 is 62.8 Å². The third kappa shape index (κ3) is 5250. The summed E-state index contributed by atoms with van der Waals surface area (Å²) in [6, 6.07) is 0. The van der Waals surface area contributed by atoms with Crippen LogP contribution in [0.1, 0.15) is 0 Å². The van der Waals surface area contributed by atoms with Crippen LogP contribution in [0, 0.1) is 42.7 Å². The van der Waals surface area contributed by atoms with Gasteiger partial charge in [0.1, 0.15) is 0 Å². The SMILES string of the molecule is N#C[S-].N#C[S-].N#C[S-].N#C[S-].[NH4+].[NH4+].[Pd+2]. The second kappa shape index (κ2) is 177. The first-order valence-corrected chi connectivity index (χ1v) is 3.34. The van der Waals surface area contributed by atoms with Gasteiger partial charge in [0.25, 0.3) is 0 Å². The Labute approximate surface area is 125 Å². The molecule has 6 nitrogen and oxygen atoms in total. The summed E-state index contributed by atoms with van der Waals surface area (Å²) in [5, 5.41) is 33.9. The van der Waals surface area contributed by atoms with Gasteiger partial charge in [-0.1, -0.05) is 21.6 Å². The predicted octanol–water partition coefficient (Wildman–Crippen LogP) is 0.807. The van der Waals surface area contributed by atoms with Crippen molar-refractivity contribution in [2.45, 2.75) is 0 Å². The summed E-state index contributed by atoms with van der Waals surface area (Å²) in [5.41, 5.74) is 0. The number of thiocyanates is 4. The number of rotatable bonds is 0. The molecule has 0 radical (unpaired) electrons. The largest absolute Gasteiger partial charge is 2.00 e. The standard InChI is InChI=1S/4CHNS.2H3N.Pd/c4*2-1-3;;;/h4*3H;2*1H3;/q;;;;;;+2/p-2. The van der Waals surface area contributed by atoms with Crippen LogP contribution in [0.15, 0.2) is 0 Å². The van der Waals surface area contributed by atoms with E-state index in [1.807, 2.05) is 0 Å². The van der Waals surface area contributed by atoms with Gasteiger partial charge in [-0.15, -0.1) is 0 Å². The molecule has 0 amide bonds. The average Bonchev–Trinajstić information content (AvgIpc) is 1.92. The first-order chi connectivity index (χ1) is 5.66. The molecule has 0 aliphatic rings. The first-order valence-electron chi connectivity index (χ1n) is 1.71. The van der Waals surface area contributed by atoms with Crippen LogP contribution in [-0.2, 0) is 70.9 Å². The Kier molecular flexibility index (Phi) is 556. The monoisotopic (exact) mass is 374 g/mol. The van der Waals surface area contributed by atoms with Crippen molar-refractivity contribution in [3.8, 4) is 21.6 Å². The van der Waals surface area contributed by atoms with Gasteiger partial charge in [-0.3, -0.25) is 0 Å². The normalized spacial score (nSPS) is 1.87. The molecular weight excluding hydrogens is 367 g/mol. The Bertz CT molecular complexity index is 161. The molecule has 8 N–H and O–H groups in total. The van der Waals surface area contributed by atoms with Crippen molar-refractivity contribution in [3.05, 3.63) is 0 Å². The third-order valence-electron chi connectivity index (χ3n) is 0. The van der Waals surface area contributed by atoms with Crippen molar-refractivity contribution < 1.29 is 20.4 Å². The van der Waals surface area contributed by atoms with Crippen LogP contribution in [0.25, 0.3) is 0 Å². The van der Waals surface area contributed by atoms with Gasteiger partial charge in [0, 0.05) is 0 Å². The summed E-state index contributed by atoms with van der Waals surface area (Å²) in [5.74, 6) is 0. The minimum absolute atomic E-state index is 0. The molecule has 0 heterocycles. The van der Waals surface area contributed by atoms with Gasteiger partial charge in [0.05, 0.1) is 0 Å². The van der Waals surface area contributed by atoms with E-state index in [2.05, 4.69) is 50.5 Å². The van der Waals surface area contributed by atoms with Crippen LogP contribution < -0.4 is 12.3 Å². The maximum absolute atomic E-state index is 7.13. The van der Waals surface area contributed by atoms with Crippen molar-refractivity contribution in [2.75, 3.05) is 0 Å². The van der Waals surface area contributed by atoms with E-state index >= 15 is 0 Å². The van der Waals surface area contributed by atoms with E-state index in [9.17, 15) is 0 Å². The molecule has 88 valence electrons. The molecule has 0 saturated carbocycles. The number of hydrogen-bond donors (Lipinski definition) is 2. The molecule has 0 fully saturated rings. The fraction of sp³-hybridized carbons (Fsp3) is 0. The summed E-state index contributed by atoms with van der Waals surface area (Å²) in [4.78, 5) is 0. The zero-order chi connectivity index (χ0) is 10.8. The molecular formula is C4H8N6PdS4. The number of nitriles is 4. The first kappa shape index (κ1) is 47.2. The molecule has 11 heteroatoms.